The van der Waals surface area contributed by atoms with E-state index in [1.54, 1.807) is 12.1 Å². The van der Waals surface area contributed by atoms with Gasteiger partial charge in [0.15, 0.2) is 0 Å². The molecule has 0 saturated carbocycles. The van der Waals surface area contributed by atoms with E-state index in [1.165, 1.54) is 22.6 Å². The van der Waals surface area contributed by atoms with Crippen molar-refractivity contribution in [2.24, 2.45) is 0 Å². The highest BCUT2D eigenvalue weighted by atomic mass is 32.1. The third-order valence-electron chi connectivity index (χ3n) is 4.35. The number of aliphatic hydroxyl groups is 1. The van der Waals surface area contributed by atoms with Gasteiger partial charge in [0, 0.05) is 24.0 Å². The highest BCUT2D eigenvalue weighted by Crippen LogP contribution is 2.33. The molecular weight excluding hydrogens is 285 g/mol. The molecule has 1 aliphatic rings. The Morgan fingerprint density at radius 1 is 1.33 bits per heavy atom. The van der Waals surface area contributed by atoms with Gasteiger partial charge in [-0.05, 0) is 54.5 Å². The normalized spacial score (nSPS) is 20.2. The average Bonchev–Trinajstić information content (AvgIpc) is 2.96. The summed E-state index contributed by atoms with van der Waals surface area (Å²) >= 11 is 1.84. The molecule has 0 amide bonds. The molecule has 1 aromatic heterocycles. The Morgan fingerprint density at radius 3 is 2.86 bits per heavy atom. The number of fused-ring (bicyclic) bond motifs is 1. The highest BCUT2D eigenvalue weighted by molar-refractivity contribution is 7.10. The van der Waals surface area contributed by atoms with Gasteiger partial charge in [-0.15, -0.1) is 11.3 Å². The topological polar surface area (TPSA) is 23.5 Å². The Balaban J connectivity index is 1.59. The van der Waals surface area contributed by atoms with Crippen LogP contribution in [0, 0.1) is 5.82 Å². The lowest BCUT2D eigenvalue weighted by Crippen LogP contribution is -2.34. The summed E-state index contributed by atoms with van der Waals surface area (Å²) in [7, 11) is 0. The fourth-order valence-electron chi connectivity index (χ4n) is 3.01. The maximum Gasteiger partial charge on any atom is 0.123 e. The zero-order valence-corrected chi connectivity index (χ0v) is 12.9. The lowest BCUT2D eigenvalue weighted by Gasteiger charge is -2.34. The van der Waals surface area contributed by atoms with Crippen LogP contribution >= 0.6 is 11.3 Å². The molecule has 2 atom stereocenters. The minimum Gasteiger partial charge on any atom is -0.388 e. The van der Waals surface area contributed by atoms with Gasteiger partial charge in [-0.3, -0.25) is 4.90 Å². The molecule has 1 aliphatic heterocycles. The smallest absolute Gasteiger partial charge is 0.123 e. The summed E-state index contributed by atoms with van der Waals surface area (Å²) < 4.78 is 12.9. The first-order valence-corrected chi connectivity index (χ1v) is 8.27. The van der Waals surface area contributed by atoms with Gasteiger partial charge in [0.1, 0.15) is 5.82 Å². The first-order valence-electron chi connectivity index (χ1n) is 7.39. The Hall–Kier alpha value is -1.23. The third kappa shape index (κ3) is 3.18. The SMILES string of the molecule is CC1c2ccsc2CCN1CCC(O)c1ccc(F)cc1. The van der Waals surface area contributed by atoms with Crippen LogP contribution in [0.3, 0.4) is 0 Å². The lowest BCUT2D eigenvalue weighted by molar-refractivity contribution is 0.123. The van der Waals surface area contributed by atoms with Crippen molar-refractivity contribution in [3.63, 3.8) is 0 Å². The Labute approximate surface area is 128 Å². The molecular formula is C17H20FNOS. The van der Waals surface area contributed by atoms with Crippen LogP contribution in [0.25, 0.3) is 0 Å². The van der Waals surface area contributed by atoms with E-state index in [1.807, 2.05) is 11.3 Å². The second-order valence-electron chi connectivity index (χ2n) is 5.62. The molecule has 0 bridgehead atoms. The molecule has 112 valence electrons. The second-order valence-corrected chi connectivity index (χ2v) is 6.62. The van der Waals surface area contributed by atoms with Crippen LogP contribution < -0.4 is 0 Å². The van der Waals surface area contributed by atoms with Crippen molar-refractivity contribution >= 4 is 11.3 Å². The monoisotopic (exact) mass is 305 g/mol. The van der Waals surface area contributed by atoms with Crippen molar-refractivity contribution in [2.45, 2.75) is 31.9 Å². The molecule has 2 unspecified atom stereocenters. The number of rotatable bonds is 4. The predicted molar refractivity (Wildman–Crippen MR) is 84.0 cm³/mol. The zero-order chi connectivity index (χ0) is 14.8. The van der Waals surface area contributed by atoms with Crippen LogP contribution in [0.5, 0.6) is 0 Å². The average molecular weight is 305 g/mol. The number of nitrogens with zero attached hydrogens (tertiary/aromatic N) is 1. The number of benzene rings is 1. The Bertz CT molecular complexity index is 595. The van der Waals surface area contributed by atoms with E-state index in [-0.39, 0.29) is 5.82 Å². The molecule has 2 heterocycles. The molecule has 1 N–H and O–H groups in total. The largest absolute Gasteiger partial charge is 0.388 e. The minimum absolute atomic E-state index is 0.263. The summed E-state index contributed by atoms with van der Waals surface area (Å²) in [5.41, 5.74) is 2.22. The molecule has 0 radical (unpaired) electrons. The first-order chi connectivity index (χ1) is 10.1. The van der Waals surface area contributed by atoms with E-state index < -0.39 is 6.10 Å². The third-order valence-corrected chi connectivity index (χ3v) is 5.34. The standard InChI is InChI=1S/C17H20FNOS/c1-12-15-8-11-21-17(15)7-10-19(12)9-6-16(20)13-2-4-14(18)5-3-13/h2-5,8,11-12,16,20H,6-7,9-10H2,1H3. The molecule has 4 heteroatoms. The number of hydrogen-bond acceptors (Lipinski definition) is 3. The van der Waals surface area contributed by atoms with Crippen LogP contribution in [0.1, 0.15) is 41.5 Å². The van der Waals surface area contributed by atoms with Crippen molar-refractivity contribution < 1.29 is 9.50 Å². The maximum absolute atomic E-state index is 12.9. The number of hydrogen-bond donors (Lipinski definition) is 1. The van der Waals surface area contributed by atoms with Crippen LogP contribution in [-0.4, -0.2) is 23.1 Å². The van der Waals surface area contributed by atoms with Crippen LogP contribution in [-0.2, 0) is 6.42 Å². The van der Waals surface area contributed by atoms with Gasteiger partial charge in [0.05, 0.1) is 6.10 Å². The molecule has 21 heavy (non-hydrogen) atoms. The number of halogens is 1. The van der Waals surface area contributed by atoms with Gasteiger partial charge in [0.2, 0.25) is 0 Å². The summed E-state index contributed by atoms with van der Waals surface area (Å²) in [6.07, 6.45) is 1.25. The fraction of sp³-hybridized carbons (Fsp3) is 0.412. The van der Waals surface area contributed by atoms with Crippen molar-refractivity contribution in [3.8, 4) is 0 Å². The molecule has 2 aromatic rings. The van der Waals surface area contributed by atoms with Gasteiger partial charge < -0.3 is 5.11 Å². The van der Waals surface area contributed by atoms with Crippen molar-refractivity contribution in [1.29, 1.82) is 0 Å². The highest BCUT2D eigenvalue weighted by Gasteiger charge is 2.24. The molecule has 1 aromatic carbocycles. The lowest BCUT2D eigenvalue weighted by atomic mass is 10.00. The van der Waals surface area contributed by atoms with E-state index in [0.717, 1.165) is 25.1 Å². The van der Waals surface area contributed by atoms with Gasteiger partial charge in [0.25, 0.3) is 0 Å². The van der Waals surface area contributed by atoms with Crippen molar-refractivity contribution in [1.82, 2.24) is 4.90 Å². The zero-order valence-electron chi connectivity index (χ0n) is 12.1. The summed E-state index contributed by atoms with van der Waals surface area (Å²) in [5, 5.41) is 12.4. The summed E-state index contributed by atoms with van der Waals surface area (Å²) in [6.45, 7) is 4.13. The van der Waals surface area contributed by atoms with E-state index in [2.05, 4.69) is 23.3 Å². The maximum atomic E-state index is 12.9. The van der Waals surface area contributed by atoms with Crippen molar-refractivity contribution in [3.05, 3.63) is 57.5 Å². The van der Waals surface area contributed by atoms with Crippen molar-refractivity contribution in [2.75, 3.05) is 13.1 Å². The summed E-state index contributed by atoms with van der Waals surface area (Å²) in [5.74, 6) is -0.263. The van der Waals surface area contributed by atoms with Crippen LogP contribution in [0.4, 0.5) is 4.39 Å². The van der Waals surface area contributed by atoms with Gasteiger partial charge in [-0.1, -0.05) is 12.1 Å². The van der Waals surface area contributed by atoms with E-state index >= 15 is 0 Å². The summed E-state index contributed by atoms with van der Waals surface area (Å²) in [6, 6.07) is 8.76. The molecule has 0 saturated heterocycles. The van der Waals surface area contributed by atoms with E-state index in [0.29, 0.717) is 12.5 Å². The first kappa shape index (κ1) is 14.7. The van der Waals surface area contributed by atoms with Crippen LogP contribution in [0.2, 0.25) is 0 Å². The molecule has 0 fully saturated rings. The van der Waals surface area contributed by atoms with E-state index in [9.17, 15) is 9.50 Å². The molecule has 0 spiro atoms. The van der Waals surface area contributed by atoms with E-state index in [4.69, 9.17) is 0 Å². The molecule has 3 rings (SSSR count). The second kappa shape index (κ2) is 6.26. The molecule has 2 nitrogen and oxygen atoms in total. The fourth-order valence-corrected chi connectivity index (χ4v) is 3.97. The van der Waals surface area contributed by atoms with Gasteiger partial charge >= 0.3 is 0 Å². The van der Waals surface area contributed by atoms with Gasteiger partial charge in [-0.2, -0.15) is 0 Å². The minimum atomic E-state index is -0.526. The summed E-state index contributed by atoms with van der Waals surface area (Å²) in [4.78, 5) is 3.92. The Morgan fingerprint density at radius 2 is 2.10 bits per heavy atom. The van der Waals surface area contributed by atoms with Crippen LogP contribution in [0.15, 0.2) is 35.7 Å². The van der Waals surface area contributed by atoms with Gasteiger partial charge in [-0.25, -0.2) is 4.39 Å². The quantitative estimate of drug-likeness (QED) is 0.925. The number of aliphatic hydroxyl groups excluding tert-OH is 1. The Kier molecular flexibility index (Phi) is 4.38. The number of thiophene rings is 1. The molecule has 0 aliphatic carbocycles. The predicted octanol–water partition coefficient (Wildman–Crippen LogP) is 3.93.